The van der Waals surface area contributed by atoms with E-state index in [0.29, 0.717) is 0 Å². The summed E-state index contributed by atoms with van der Waals surface area (Å²) in [5.41, 5.74) is 6.18. The van der Waals surface area contributed by atoms with Gasteiger partial charge in [-0.2, -0.15) is 0 Å². The van der Waals surface area contributed by atoms with Crippen molar-refractivity contribution in [3.05, 3.63) is 0 Å². The molecule has 0 aliphatic carbocycles. The number of ether oxygens (including phenoxy) is 15. The van der Waals surface area contributed by atoms with E-state index in [4.69, 9.17) is 76.8 Å². The van der Waals surface area contributed by atoms with Gasteiger partial charge in [0, 0.05) is 69.2 Å². The van der Waals surface area contributed by atoms with E-state index >= 15 is 0 Å². The zero-order valence-electron chi connectivity index (χ0n) is 36.6. The zero-order valence-corrected chi connectivity index (χ0v) is 36.6. The molecule has 3 saturated heterocycles. The second-order valence-corrected chi connectivity index (χ2v) is 14.4. The summed E-state index contributed by atoms with van der Waals surface area (Å²) in [5.74, 6) is -9.35. The first-order valence-electron chi connectivity index (χ1n) is 19.5. The van der Waals surface area contributed by atoms with Crippen LogP contribution in [0.2, 0.25) is 0 Å². The Morgan fingerprint density at radius 2 is 0.578 bits per heavy atom. The molecule has 2 N–H and O–H groups in total. The fourth-order valence-corrected chi connectivity index (χ4v) is 6.83. The van der Waals surface area contributed by atoms with Crippen molar-refractivity contribution in [2.24, 2.45) is 5.73 Å². The summed E-state index contributed by atoms with van der Waals surface area (Å²) in [4.78, 5) is 124. The van der Waals surface area contributed by atoms with Crippen molar-refractivity contribution in [1.82, 2.24) is 0 Å². The molecule has 64 heavy (non-hydrogen) atoms. The highest BCUT2D eigenvalue weighted by Crippen LogP contribution is 2.37. The zero-order chi connectivity index (χ0) is 48.2. The van der Waals surface area contributed by atoms with Crippen molar-refractivity contribution in [1.29, 1.82) is 0 Å². The van der Waals surface area contributed by atoms with Crippen LogP contribution in [-0.2, 0) is 119 Å². The lowest BCUT2D eigenvalue weighted by atomic mass is 9.95. The number of carbonyl (C=O) groups is 10. The molecule has 26 nitrogen and oxygen atoms in total. The maximum atomic E-state index is 12.9. The molecule has 3 aliphatic rings. The van der Waals surface area contributed by atoms with Gasteiger partial charge in [-0.25, -0.2) is 0 Å². The molecule has 0 saturated carbocycles. The maximum Gasteiger partial charge on any atom is 0.303 e. The van der Waals surface area contributed by atoms with Crippen LogP contribution < -0.4 is 5.73 Å². The van der Waals surface area contributed by atoms with Crippen LogP contribution in [-0.4, -0.2) is 172 Å². The summed E-state index contributed by atoms with van der Waals surface area (Å²) in [6.07, 6.45) is -26.0. The van der Waals surface area contributed by atoms with Crippen LogP contribution >= 0.6 is 0 Å². The molecule has 15 atom stereocenters. The topological polar surface area (TPSA) is 335 Å². The van der Waals surface area contributed by atoms with Crippen LogP contribution in [0.25, 0.3) is 0 Å². The van der Waals surface area contributed by atoms with Crippen molar-refractivity contribution in [2.45, 2.75) is 161 Å². The Morgan fingerprint density at radius 1 is 0.328 bits per heavy atom. The Bertz CT molecular complexity index is 1740. The van der Waals surface area contributed by atoms with Gasteiger partial charge in [0.1, 0.15) is 56.6 Å². The van der Waals surface area contributed by atoms with Crippen LogP contribution in [0, 0.1) is 0 Å². The molecule has 3 fully saturated rings. The quantitative estimate of drug-likeness (QED) is 0.123. The highest BCUT2D eigenvalue weighted by molar-refractivity contribution is 5.70. The van der Waals surface area contributed by atoms with Gasteiger partial charge >= 0.3 is 59.7 Å². The van der Waals surface area contributed by atoms with Crippen molar-refractivity contribution in [3.63, 3.8) is 0 Å². The molecule has 360 valence electrons. The molecule has 3 rings (SSSR count). The van der Waals surface area contributed by atoms with Gasteiger partial charge in [0.25, 0.3) is 0 Å². The summed E-state index contributed by atoms with van der Waals surface area (Å²) < 4.78 is 84.9. The van der Waals surface area contributed by atoms with Gasteiger partial charge in [-0.05, 0) is 0 Å². The summed E-state index contributed by atoms with van der Waals surface area (Å²) in [5, 5.41) is 0. The smallest absolute Gasteiger partial charge is 0.303 e. The number of hydrogen-bond acceptors (Lipinski definition) is 26. The Kier molecular flexibility index (Phi) is 19.8. The van der Waals surface area contributed by atoms with Crippen LogP contribution in [0.3, 0.4) is 0 Å². The highest BCUT2D eigenvalue weighted by Gasteiger charge is 2.59. The van der Waals surface area contributed by atoms with E-state index in [2.05, 4.69) is 0 Å². The van der Waals surface area contributed by atoms with E-state index in [-0.39, 0.29) is 0 Å². The van der Waals surface area contributed by atoms with Gasteiger partial charge in [0.2, 0.25) is 0 Å². The fraction of sp³-hybridized carbons (Fsp3) is 0.737. The second kappa shape index (κ2) is 23.9. The lowest BCUT2D eigenvalue weighted by Gasteiger charge is -2.50. The molecular formula is C38H53NO25. The highest BCUT2D eigenvalue weighted by atomic mass is 16.8. The van der Waals surface area contributed by atoms with Gasteiger partial charge in [-0.1, -0.05) is 0 Å². The summed E-state index contributed by atoms with van der Waals surface area (Å²) in [6.45, 7) is 7.96. The Labute approximate surface area is 365 Å². The van der Waals surface area contributed by atoms with E-state index in [0.717, 1.165) is 69.2 Å². The van der Waals surface area contributed by atoms with Crippen molar-refractivity contribution in [2.75, 3.05) is 19.8 Å². The molecular weight excluding hydrogens is 870 g/mol. The fourth-order valence-electron chi connectivity index (χ4n) is 6.83. The summed E-state index contributed by atoms with van der Waals surface area (Å²) >= 11 is 0. The minimum atomic E-state index is -1.98. The van der Waals surface area contributed by atoms with E-state index in [1.165, 1.54) is 0 Å². The summed E-state index contributed by atoms with van der Waals surface area (Å²) in [6, 6.07) is 0. The number of carbonyl (C=O) groups excluding carboxylic acids is 10. The third-order valence-corrected chi connectivity index (χ3v) is 8.90. The predicted octanol–water partition coefficient (Wildman–Crippen LogP) is -1.90. The van der Waals surface area contributed by atoms with E-state index in [1.54, 1.807) is 0 Å². The number of nitrogens with two attached hydrogens (primary N) is 1. The Hall–Kier alpha value is -5.54. The largest absolute Gasteiger partial charge is 0.463 e. The molecule has 0 radical (unpaired) electrons. The number of esters is 10. The molecule has 0 aromatic carbocycles. The number of rotatable bonds is 17. The van der Waals surface area contributed by atoms with Crippen LogP contribution in [0.1, 0.15) is 69.2 Å². The molecule has 26 heteroatoms. The maximum absolute atomic E-state index is 12.9. The van der Waals surface area contributed by atoms with E-state index in [1.807, 2.05) is 0 Å². The first-order chi connectivity index (χ1) is 29.9. The van der Waals surface area contributed by atoms with Crippen LogP contribution in [0.4, 0.5) is 0 Å². The second-order valence-electron chi connectivity index (χ2n) is 14.4. The minimum Gasteiger partial charge on any atom is -0.463 e. The summed E-state index contributed by atoms with van der Waals surface area (Å²) in [7, 11) is 0. The van der Waals surface area contributed by atoms with Gasteiger partial charge in [-0.3, -0.25) is 47.9 Å². The molecule has 3 heterocycles. The standard InChI is InChI=1S/C38H53NO25/c1-14(40)50-11-24-28(30(54-18(5)44)33(36(39)60-24)57-21(8)47)63-38-35(59-23(10)49)32(56-20(7)46)29(26(62-38)13-52-16(3)42)64-37-34(58-22(9)48)31(55-19(6)45)27(53-17(4)43)25(61-37)12-51-15(2)41/h24-38H,11-13,39H2,1-10H3/t24-,25-,26-,27-,28-,29-,30+,31+,32+,33-,34-,35-,36-,37+,38+/m1/s1. The first kappa shape index (κ1) is 52.8. The normalized spacial score (nSPS) is 32.3. The molecule has 0 amide bonds. The lowest BCUT2D eigenvalue weighted by molar-refractivity contribution is -0.373. The monoisotopic (exact) mass is 923 g/mol. The Balaban J connectivity index is 2.28. The predicted molar refractivity (Wildman–Crippen MR) is 199 cm³/mol. The Morgan fingerprint density at radius 3 is 0.906 bits per heavy atom. The third kappa shape index (κ3) is 15.6. The van der Waals surface area contributed by atoms with Gasteiger partial charge < -0.3 is 76.8 Å². The van der Waals surface area contributed by atoms with Crippen molar-refractivity contribution >= 4 is 59.7 Å². The SMILES string of the molecule is CC(=O)OC[C@H]1O[C@@H](N)[C@H](OC(C)=O)[C@@H](OC(C)=O)[C@@H]1O[C@@H]1O[C@H](COC(C)=O)[C@@H](O[C@@H]2O[C@H](COC(C)=O)[C@@H](OC(C)=O)[C@H](OC(C)=O)[C@H]2OC(C)=O)[C@H](OC(C)=O)[C@H]1OC(C)=O. The van der Waals surface area contributed by atoms with Gasteiger partial charge in [0.15, 0.2) is 55.3 Å². The molecule has 0 aromatic rings. The van der Waals surface area contributed by atoms with Crippen LogP contribution in [0.15, 0.2) is 0 Å². The third-order valence-electron chi connectivity index (χ3n) is 8.90. The lowest BCUT2D eigenvalue weighted by Crippen LogP contribution is -2.69. The van der Waals surface area contributed by atoms with E-state index in [9.17, 15) is 47.9 Å². The number of hydrogen-bond donors (Lipinski definition) is 1. The van der Waals surface area contributed by atoms with Crippen LogP contribution in [0.5, 0.6) is 0 Å². The first-order valence-corrected chi connectivity index (χ1v) is 19.5. The molecule has 3 aliphatic heterocycles. The molecule has 0 bridgehead atoms. The average Bonchev–Trinajstić information content (AvgIpc) is 3.15. The minimum absolute atomic E-state index is 0.623. The van der Waals surface area contributed by atoms with Crippen molar-refractivity contribution < 1.29 is 119 Å². The molecule has 0 spiro atoms. The average molecular weight is 924 g/mol. The van der Waals surface area contributed by atoms with Gasteiger partial charge in [0.05, 0.1) is 0 Å². The molecule has 0 unspecified atom stereocenters. The molecule has 0 aromatic heterocycles. The van der Waals surface area contributed by atoms with Gasteiger partial charge in [-0.15, -0.1) is 0 Å². The van der Waals surface area contributed by atoms with E-state index < -0.39 is 172 Å². The van der Waals surface area contributed by atoms with Crippen molar-refractivity contribution in [3.8, 4) is 0 Å².